The van der Waals surface area contributed by atoms with Crippen molar-refractivity contribution in [2.24, 2.45) is 0 Å². The first-order valence-electron chi connectivity index (χ1n) is 7.26. The van der Waals surface area contributed by atoms with E-state index in [0.717, 1.165) is 12.1 Å². The van der Waals surface area contributed by atoms with E-state index in [-0.39, 0.29) is 12.5 Å². The lowest BCUT2D eigenvalue weighted by Gasteiger charge is -2.11. The second-order valence-corrected chi connectivity index (χ2v) is 5.08. The molecule has 0 aliphatic carbocycles. The summed E-state index contributed by atoms with van der Waals surface area (Å²) in [6, 6.07) is 17.3. The Morgan fingerprint density at radius 1 is 1.10 bits per heavy atom. The molecular formula is C18H21NO2. The molecule has 0 heterocycles. The molecular weight excluding hydrogens is 262 g/mol. The van der Waals surface area contributed by atoms with Crippen LogP contribution in [0.15, 0.2) is 54.6 Å². The molecule has 2 rings (SSSR count). The van der Waals surface area contributed by atoms with Crippen molar-refractivity contribution >= 4 is 11.6 Å². The van der Waals surface area contributed by atoms with Crippen LogP contribution in [0.3, 0.4) is 0 Å². The summed E-state index contributed by atoms with van der Waals surface area (Å²) < 4.78 is 5.41. The van der Waals surface area contributed by atoms with Gasteiger partial charge in [-0.2, -0.15) is 0 Å². The first-order chi connectivity index (χ1) is 10.2. The van der Waals surface area contributed by atoms with Gasteiger partial charge in [-0.25, -0.2) is 0 Å². The van der Waals surface area contributed by atoms with Crippen molar-refractivity contribution in [2.45, 2.75) is 26.2 Å². The smallest absolute Gasteiger partial charge is 0.262 e. The number of hydrogen-bond donors (Lipinski definition) is 1. The molecule has 3 heteroatoms. The van der Waals surface area contributed by atoms with Gasteiger partial charge in [0.05, 0.1) is 0 Å². The van der Waals surface area contributed by atoms with Crippen LogP contribution in [0.1, 0.15) is 31.7 Å². The first-order valence-corrected chi connectivity index (χ1v) is 7.26. The Labute approximate surface area is 126 Å². The summed E-state index contributed by atoms with van der Waals surface area (Å²) in [6.45, 7) is 4.37. The van der Waals surface area contributed by atoms with Crippen LogP contribution in [0.2, 0.25) is 0 Å². The number of amides is 1. The van der Waals surface area contributed by atoms with Gasteiger partial charge in [0.25, 0.3) is 5.91 Å². The standard InChI is InChI=1S/C18H21NO2/c1-3-14(2)15-9-11-16(12-10-15)19-18(20)13-21-17-7-5-4-6-8-17/h4-12,14H,3,13H2,1-2H3,(H,19,20)/t14-/m1/s1. The van der Waals surface area contributed by atoms with Gasteiger partial charge in [-0.3, -0.25) is 4.79 Å². The van der Waals surface area contributed by atoms with Crippen LogP contribution in [0.4, 0.5) is 5.69 Å². The van der Waals surface area contributed by atoms with Crippen molar-refractivity contribution in [3.05, 3.63) is 60.2 Å². The normalized spacial score (nSPS) is 11.7. The van der Waals surface area contributed by atoms with Crippen LogP contribution in [0, 0.1) is 0 Å². The minimum atomic E-state index is -0.157. The molecule has 0 aromatic heterocycles. The molecule has 0 spiro atoms. The van der Waals surface area contributed by atoms with Crippen LogP contribution < -0.4 is 10.1 Å². The summed E-state index contributed by atoms with van der Waals surface area (Å²) >= 11 is 0. The molecule has 0 aliphatic heterocycles. The third kappa shape index (κ3) is 4.63. The maximum atomic E-state index is 11.8. The van der Waals surface area contributed by atoms with Crippen LogP contribution in [-0.2, 0) is 4.79 Å². The summed E-state index contributed by atoms with van der Waals surface area (Å²) in [5, 5.41) is 2.83. The molecule has 3 nitrogen and oxygen atoms in total. The summed E-state index contributed by atoms with van der Waals surface area (Å²) in [5.74, 6) is 1.08. The Morgan fingerprint density at radius 3 is 2.38 bits per heavy atom. The van der Waals surface area contributed by atoms with E-state index < -0.39 is 0 Å². The fraction of sp³-hybridized carbons (Fsp3) is 0.278. The monoisotopic (exact) mass is 283 g/mol. The zero-order chi connectivity index (χ0) is 15.1. The predicted molar refractivity (Wildman–Crippen MR) is 85.7 cm³/mol. The fourth-order valence-corrected chi connectivity index (χ4v) is 1.99. The molecule has 0 saturated heterocycles. The number of hydrogen-bond acceptors (Lipinski definition) is 2. The van der Waals surface area contributed by atoms with E-state index in [1.807, 2.05) is 42.5 Å². The summed E-state index contributed by atoms with van der Waals surface area (Å²) in [5.41, 5.74) is 2.08. The highest BCUT2D eigenvalue weighted by Crippen LogP contribution is 2.20. The maximum Gasteiger partial charge on any atom is 0.262 e. The van der Waals surface area contributed by atoms with Crippen molar-refractivity contribution in [1.29, 1.82) is 0 Å². The van der Waals surface area contributed by atoms with E-state index >= 15 is 0 Å². The Balaban J connectivity index is 1.85. The molecule has 0 bridgehead atoms. The third-order valence-corrected chi connectivity index (χ3v) is 3.49. The number of ether oxygens (including phenoxy) is 1. The number of carbonyl (C=O) groups is 1. The van der Waals surface area contributed by atoms with Gasteiger partial charge in [0.15, 0.2) is 6.61 Å². The second-order valence-electron chi connectivity index (χ2n) is 5.08. The maximum absolute atomic E-state index is 11.8. The Morgan fingerprint density at radius 2 is 1.76 bits per heavy atom. The predicted octanol–water partition coefficient (Wildman–Crippen LogP) is 4.22. The summed E-state index contributed by atoms with van der Waals surface area (Å²) in [6.07, 6.45) is 1.11. The van der Waals surface area contributed by atoms with E-state index in [9.17, 15) is 4.79 Å². The van der Waals surface area contributed by atoms with Gasteiger partial charge in [0.2, 0.25) is 0 Å². The highest BCUT2D eigenvalue weighted by molar-refractivity contribution is 5.91. The molecule has 1 N–H and O–H groups in total. The van der Waals surface area contributed by atoms with E-state index in [2.05, 4.69) is 31.3 Å². The summed E-state index contributed by atoms with van der Waals surface area (Å²) in [7, 11) is 0. The minimum Gasteiger partial charge on any atom is -0.484 e. The van der Waals surface area contributed by atoms with E-state index in [0.29, 0.717) is 11.7 Å². The van der Waals surface area contributed by atoms with Crippen LogP contribution >= 0.6 is 0 Å². The van der Waals surface area contributed by atoms with Gasteiger partial charge in [0, 0.05) is 5.69 Å². The molecule has 1 atom stereocenters. The second kappa shape index (κ2) is 7.48. The molecule has 1 amide bonds. The van der Waals surface area contributed by atoms with Gasteiger partial charge >= 0.3 is 0 Å². The zero-order valence-electron chi connectivity index (χ0n) is 12.5. The SMILES string of the molecule is CC[C@@H](C)c1ccc(NC(=O)COc2ccccc2)cc1. The quantitative estimate of drug-likeness (QED) is 0.862. The lowest BCUT2D eigenvalue weighted by Crippen LogP contribution is -2.20. The van der Waals surface area contributed by atoms with Gasteiger partial charge in [0.1, 0.15) is 5.75 Å². The van der Waals surface area contributed by atoms with Crippen LogP contribution in [0.25, 0.3) is 0 Å². The zero-order valence-corrected chi connectivity index (χ0v) is 12.5. The Kier molecular flexibility index (Phi) is 5.38. The van der Waals surface area contributed by atoms with E-state index in [4.69, 9.17) is 4.74 Å². The summed E-state index contributed by atoms with van der Waals surface area (Å²) in [4.78, 5) is 11.8. The molecule has 2 aromatic carbocycles. The third-order valence-electron chi connectivity index (χ3n) is 3.49. The Hall–Kier alpha value is -2.29. The van der Waals surface area contributed by atoms with E-state index in [1.165, 1.54) is 5.56 Å². The molecule has 2 aromatic rings. The average Bonchev–Trinajstić information content (AvgIpc) is 2.54. The number of para-hydroxylation sites is 1. The van der Waals surface area contributed by atoms with Crippen molar-refractivity contribution in [3.63, 3.8) is 0 Å². The van der Waals surface area contributed by atoms with E-state index in [1.54, 1.807) is 0 Å². The average molecular weight is 283 g/mol. The van der Waals surface area contributed by atoms with Crippen LogP contribution in [0.5, 0.6) is 5.75 Å². The number of rotatable bonds is 6. The number of benzene rings is 2. The minimum absolute atomic E-state index is 0.0110. The Bertz CT molecular complexity index is 564. The molecule has 110 valence electrons. The number of carbonyl (C=O) groups excluding carboxylic acids is 1. The first kappa shape index (κ1) is 15.1. The van der Waals surface area contributed by atoms with Crippen molar-refractivity contribution in [2.75, 3.05) is 11.9 Å². The molecule has 0 saturated carbocycles. The molecule has 21 heavy (non-hydrogen) atoms. The van der Waals surface area contributed by atoms with Gasteiger partial charge < -0.3 is 10.1 Å². The topological polar surface area (TPSA) is 38.3 Å². The molecule has 0 unspecified atom stereocenters. The lowest BCUT2D eigenvalue weighted by atomic mass is 9.99. The lowest BCUT2D eigenvalue weighted by molar-refractivity contribution is -0.118. The van der Waals surface area contributed by atoms with Crippen molar-refractivity contribution in [3.8, 4) is 5.75 Å². The van der Waals surface area contributed by atoms with Gasteiger partial charge in [-0.05, 0) is 42.2 Å². The molecule has 0 fully saturated rings. The number of anilines is 1. The van der Waals surface area contributed by atoms with Gasteiger partial charge in [-0.1, -0.05) is 44.2 Å². The fourth-order valence-electron chi connectivity index (χ4n) is 1.99. The number of nitrogens with one attached hydrogen (secondary N) is 1. The van der Waals surface area contributed by atoms with Crippen molar-refractivity contribution in [1.82, 2.24) is 0 Å². The molecule has 0 aliphatic rings. The van der Waals surface area contributed by atoms with Crippen molar-refractivity contribution < 1.29 is 9.53 Å². The molecule has 0 radical (unpaired) electrons. The van der Waals surface area contributed by atoms with Gasteiger partial charge in [-0.15, -0.1) is 0 Å². The largest absolute Gasteiger partial charge is 0.484 e. The highest BCUT2D eigenvalue weighted by atomic mass is 16.5. The van der Waals surface area contributed by atoms with Crippen LogP contribution in [-0.4, -0.2) is 12.5 Å². The highest BCUT2D eigenvalue weighted by Gasteiger charge is 2.05.